The molecule has 0 saturated heterocycles. The van der Waals surface area contributed by atoms with Crippen LogP contribution in [0.1, 0.15) is 42.9 Å². The number of anilines is 1. The van der Waals surface area contributed by atoms with Crippen LogP contribution in [-0.4, -0.2) is 62.1 Å². The zero-order valence-electron chi connectivity index (χ0n) is 21.5. The fourth-order valence-electron chi connectivity index (χ4n) is 3.95. The predicted octanol–water partition coefficient (Wildman–Crippen LogP) is 4.99. The van der Waals surface area contributed by atoms with Gasteiger partial charge >= 0.3 is 6.09 Å². The Balaban J connectivity index is 1.46. The maximum Gasteiger partial charge on any atom is 0.410 e. The molecule has 4 heterocycles. The van der Waals surface area contributed by atoms with Gasteiger partial charge < -0.3 is 25.0 Å². The van der Waals surface area contributed by atoms with E-state index in [4.69, 9.17) is 21.1 Å². The lowest BCUT2D eigenvalue weighted by Gasteiger charge is -2.24. The van der Waals surface area contributed by atoms with Crippen LogP contribution in [0.4, 0.5) is 10.5 Å². The number of carbonyl (C=O) groups is 2. The lowest BCUT2D eigenvalue weighted by molar-refractivity contribution is 0.0284. The summed E-state index contributed by atoms with van der Waals surface area (Å²) in [6, 6.07) is 3.75. The number of aromatic nitrogens is 4. The maximum absolute atomic E-state index is 12.7. The maximum atomic E-state index is 12.7. The first-order valence-electron chi connectivity index (χ1n) is 11.9. The number of hydrogen-bond acceptors (Lipinski definition) is 10. The zero-order chi connectivity index (χ0) is 27.2. The number of rotatable bonds is 4. The molecule has 1 atom stereocenters. The van der Waals surface area contributed by atoms with Crippen molar-refractivity contribution in [3.05, 3.63) is 40.3 Å². The van der Waals surface area contributed by atoms with Crippen LogP contribution in [0.25, 0.3) is 21.1 Å². The number of carbonyl (C=O) groups excluding carboxylic acids is 2. The fourth-order valence-corrected chi connectivity index (χ4v) is 5.16. The van der Waals surface area contributed by atoms with E-state index in [0.29, 0.717) is 28.0 Å². The summed E-state index contributed by atoms with van der Waals surface area (Å²) >= 11 is 7.45. The van der Waals surface area contributed by atoms with Gasteiger partial charge in [-0.2, -0.15) is 4.98 Å². The van der Waals surface area contributed by atoms with Gasteiger partial charge in [-0.15, -0.1) is 11.3 Å². The van der Waals surface area contributed by atoms with Gasteiger partial charge in [0, 0.05) is 35.9 Å². The molecule has 0 saturated carbocycles. The SMILES string of the molecule is C[C@@H]1CNc2c(sc3ccc4nc(Oc5nc(Cl)ncc5CN(C)C(=O)OC(C)(C)C)cnc4c23)C(=O)N1. The number of amides is 2. The van der Waals surface area contributed by atoms with Gasteiger partial charge in [0.05, 0.1) is 35.0 Å². The van der Waals surface area contributed by atoms with Crippen molar-refractivity contribution < 1.29 is 19.1 Å². The summed E-state index contributed by atoms with van der Waals surface area (Å²) in [5.41, 5.74) is 1.87. The van der Waals surface area contributed by atoms with Gasteiger partial charge in [0.15, 0.2) is 0 Å². The monoisotopic (exact) mass is 555 g/mol. The van der Waals surface area contributed by atoms with Crippen molar-refractivity contribution in [1.29, 1.82) is 0 Å². The number of fused-ring (bicyclic) bond motifs is 5. The Morgan fingerprint density at radius 2 is 2.03 bits per heavy atom. The summed E-state index contributed by atoms with van der Waals surface area (Å²) in [5.74, 6) is 0.226. The van der Waals surface area contributed by atoms with Gasteiger partial charge in [0.25, 0.3) is 5.91 Å². The number of ether oxygens (including phenoxy) is 2. The van der Waals surface area contributed by atoms with Gasteiger partial charge in [0.1, 0.15) is 10.5 Å². The summed E-state index contributed by atoms with van der Waals surface area (Å²) in [4.78, 5) is 44.6. The molecular weight excluding hydrogens is 530 g/mol. The largest absolute Gasteiger partial charge is 0.444 e. The van der Waals surface area contributed by atoms with E-state index in [9.17, 15) is 9.59 Å². The lowest BCUT2D eigenvalue weighted by Crippen LogP contribution is -2.34. The Morgan fingerprint density at radius 1 is 1.24 bits per heavy atom. The Morgan fingerprint density at radius 3 is 2.79 bits per heavy atom. The van der Waals surface area contributed by atoms with Crippen LogP contribution in [0.15, 0.2) is 24.5 Å². The van der Waals surface area contributed by atoms with E-state index >= 15 is 0 Å². The van der Waals surface area contributed by atoms with Crippen LogP contribution in [0.5, 0.6) is 11.8 Å². The molecule has 11 nitrogen and oxygen atoms in total. The number of thiophene rings is 1. The van der Waals surface area contributed by atoms with E-state index in [1.165, 1.54) is 28.6 Å². The Kier molecular flexibility index (Phi) is 6.70. The highest BCUT2D eigenvalue weighted by Gasteiger charge is 2.26. The molecule has 0 fully saturated rings. The number of hydrogen-bond donors (Lipinski definition) is 2. The topological polar surface area (TPSA) is 131 Å². The van der Waals surface area contributed by atoms with Crippen LogP contribution in [0.2, 0.25) is 5.28 Å². The van der Waals surface area contributed by atoms with E-state index in [1.54, 1.807) is 27.8 Å². The van der Waals surface area contributed by atoms with Crippen LogP contribution in [0, 0.1) is 0 Å². The second-order valence-corrected chi connectivity index (χ2v) is 11.4. The van der Waals surface area contributed by atoms with Crippen molar-refractivity contribution in [1.82, 2.24) is 30.2 Å². The third-order valence-corrected chi connectivity index (χ3v) is 6.96. The first-order chi connectivity index (χ1) is 18.0. The Hall–Kier alpha value is -3.77. The minimum Gasteiger partial charge on any atom is -0.444 e. The molecule has 198 valence electrons. The van der Waals surface area contributed by atoms with Crippen molar-refractivity contribution in [2.45, 2.75) is 45.9 Å². The highest BCUT2D eigenvalue weighted by atomic mass is 35.5. The number of benzene rings is 1. The molecule has 0 unspecified atom stereocenters. The van der Waals surface area contributed by atoms with E-state index in [-0.39, 0.29) is 35.5 Å². The van der Waals surface area contributed by atoms with Gasteiger partial charge in [0.2, 0.25) is 17.0 Å². The lowest BCUT2D eigenvalue weighted by atomic mass is 10.1. The molecular formula is C25H26ClN7O4S. The summed E-state index contributed by atoms with van der Waals surface area (Å²) < 4.78 is 12.3. The molecule has 5 rings (SSSR count). The van der Waals surface area contributed by atoms with Crippen molar-refractivity contribution in [3.63, 3.8) is 0 Å². The first-order valence-corrected chi connectivity index (χ1v) is 13.1. The normalized spacial score (nSPS) is 15.4. The molecule has 3 aromatic heterocycles. The van der Waals surface area contributed by atoms with Crippen molar-refractivity contribution in [2.24, 2.45) is 0 Å². The minimum absolute atomic E-state index is 0.00135. The first kappa shape index (κ1) is 25.9. The molecule has 4 aromatic rings. The molecule has 13 heteroatoms. The number of nitrogens with one attached hydrogen (secondary N) is 2. The molecule has 2 amide bonds. The molecule has 1 aliphatic heterocycles. The van der Waals surface area contributed by atoms with Crippen LogP contribution < -0.4 is 15.4 Å². The fraction of sp³-hybridized carbons (Fsp3) is 0.360. The van der Waals surface area contributed by atoms with Crippen LogP contribution >= 0.6 is 22.9 Å². The summed E-state index contributed by atoms with van der Waals surface area (Å²) in [6.07, 6.45) is 2.48. The smallest absolute Gasteiger partial charge is 0.410 e. The standard InChI is InChI=1S/C25H26ClN7O4S/c1-12-8-27-19-17-15(38-20(19)21(34)30-12)7-6-14-18(17)28-10-16(31-14)36-22-13(9-29-23(26)32-22)11-33(5)24(35)37-25(2,3)4/h6-7,9-10,12,27H,8,11H2,1-5H3,(H,30,34)/t12-/m1/s1. The number of nitrogens with zero attached hydrogens (tertiary/aromatic N) is 5. The highest BCUT2D eigenvalue weighted by Crippen LogP contribution is 2.40. The van der Waals surface area contributed by atoms with Crippen LogP contribution in [0.3, 0.4) is 0 Å². The van der Waals surface area contributed by atoms with Crippen molar-refractivity contribution in [2.75, 3.05) is 18.9 Å². The van der Waals surface area contributed by atoms with E-state index in [1.807, 2.05) is 19.1 Å². The molecule has 0 aliphatic carbocycles. The van der Waals surface area contributed by atoms with Gasteiger partial charge in [-0.05, 0) is 51.4 Å². The molecule has 1 aromatic carbocycles. The Bertz CT molecular complexity index is 1570. The zero-order valence-corrected chi connectivity index (χ0v) is 23.0. The second kappa shape index (κ2) is 9.84. The van der Waals surface area contributed by atoms with E-state index < -0.39 is 11.7 Å². The molecule has 0 bridgehead atoms. The summed E-state index contributed by atoms with van der Waals surface area (Å²) in [5, 5.41) is 7.19. The minimum atomic E-state index is -0.633. The molecule has 0 spiro atoms. The molecule has 1 aliphatic rings. The van der Waals surface area contributed by atoms with Crippen LogP contribution in [-0.2, 0) is 11.3 Å². The molecule has 0 radical (unpaired) electrons. The molecule has 38 heavy (non-hydrogen) atoms. The second-order valence-electron chi connectivity index (χ2n) is 9.98. The average Bonchev–Trinajstić information content (AvgIpc) is 3.16. The third kappa shape index (κ3) is 5.27. The summed E-state index contributed by atoms with van der Waals surface area (Å²) in [7, 11) is 1.60. The van der Waals surface area contributed by atoms with Gasteiger partial charge in [-0.25, -0.2) is 19.7 Å². The van der Waals surface area contributed by atoms with Crippen molar-refractivity contribution >= 4 is 61.7 Å². The average molecular weight is 556 g/mol. The predicted molar refractivity (Wildman–Crippen MR) is 145 cm³/mol. The molecule has 2 N–H and O–H groups in total. The van der Waals surface area contributed by atoms with Gasteiger partial charge in [-0.1, -0.05) is 0 Å². The highest BCUT2D eigenvalue weighted by molar-refractivity contribution is 7.21. The summed E-state index contributed by atoms with van der Waals surface area (Å²) in [6.45, 7) is 8.06. The Labute approximate surface area is 227 Å². The number of halogens is 1. The quantitative estimate of drug-likeness (QED) is 0.334. The van der Waals surface area contributed by atoms with Crippen molar-refractivity contribution in [3.8, 4) is 11.8 Å². The van der Waals surface area contributed by atoms with E-state index in [0.717, 1.165) is 15.8 Å². The van der Waals surface area contributed by atoms with E-state index in [2.05, 4.69) is 30.6 Å². The van der Waals surface area contributed by atoms with Gasteiger partial charge in [-0.3, -0.25) is 4.79 Å². The third-order valence-electron chi connectivity index (χ3n) is 5.62.